The van der Waals surface area contributed by atoms with Gasteiger partial charge in [0, 0.05) is 7.05 Å². The molecule has 1 aromatic heterocycles. The van der Waals surface area contributed by atoms with E-state index in [2.05, 4.69) is 21.4 Å². The number of terminal acetylenes is 1. The second-order valence-electron chi connectivity index (χ2n) is 1.27. The molecular weight excluding hydrogens is 104 g/mol. The summed E-state index contributed by atoms with van der Waals surface area (Å²) >= 11 is 0. The van der Waals surface area contributed by atoms with Crippen LogP contribution >= 0.6 is 0 Å². The molecule has 0 saturated carbocycles. The fourth-order valence-electron chi connectivity index (χ4n) is 0.352. The highest BCUT2D eigenvalue weighted by Gasteiger charge is 1.91. The molecule has 0 bridgehead atoms. The van der Waals surface area contributed by atoms with Crippen molar-refractivity contribution in [1.29, 1.82) is 0 Å². The molecule has 0 radical (unpaired) electrons. The van der Waals surface area contributed by atoms with Gasteiger partial charge in [-0.05, 0) is 16.3 Å². The van der Waals surface area contributed by atoms with Gasteiger partial charge in [-0.1, -0.05) is 5.10 Å². The van der Waals surface area contributed by atoms with E-state index in [4.69, 9.17) is 6.42 Å². The Morgan fingerprint density at radius 3 is 2.75 bits per heavy atom. The number of aryl methyl sites for hydroxylation is 1. The van der Waals surface area contributed by atoms with E-state index in [-0.39, 0.29) is 0 Å². The van der Waals surface area contributed by atoms with Crippen LogP contribution in [0.5, 0.6) is 0 Å². The van der Waals surface area contributed by atoms with Crippen molar-refractivity contribution in [3.05, 3.63) is 5.82 Å². The lowest BCUT2D eigenvalue weighted by Gasteiger charge is -1.81. The highest BCUT2D eigenvalue weighted by Crippen LogP contribution is 1.79. The molecule has 0 saturated heterocycles. The molecule has 0 atom stereocenters. The molecule has 0 fully saturated rings. The zero-order valence-electron chi connectivity index (χ0n) is 4.37. The van der Waals surface area contributed by atoms with E-state index in [1.807, 2.05) is 0 Å². The van der Waals surface area contributed by atoms with Gasteiger partial charge >= 0.3 is 0 Å². The third kappa shape index (κ3) is 0.540. The highest BCUT2D eigenvalue weighted by atomic mass is 15.5. The predicted octanol–water partition coefficient (Wildman–Crippen LogP) is -0.809. The summed E-state index contributed by atoms with van der Waals surface area (Å²) in [5.74, 6) is 2.75. The Labute approximate surface area is 46.5 Å². The molecule has 40 valence electrons. The van der Waals surface area contributed by atoms with Crippen LogP contribution < -0.4 is 0 Å². The summed E-state index contributed by atoms with van der Waals surface area (Å²) in [5.41, 5.74) is 0. The Bertz CT molecular complexity index is 218. The molecule has 0 aliphatic carbocycles. The van der Waals surface area contributed by atoms with Gasteiger partial charge in [0.1, 0.15) is 0 Å². The van der Waals surface area contributed by atoms with Gasteiger partial charge in [-0.15, -0.1) is 6.42 Å². The van der Waals surface area contributed by atoms with Gasteiger partial charge in [0.2, 0.25) is 5.82 Å². The third-order valence-electron chi connectivity index (χ3n) is 0.749. The van der Waals surface area contributed by atoms with Crippen molar-refractivity contribution in [2.45, 2.75) is 0 Å². The molecular formula is C4H4N4. The van der Waals surface area contributed by atoms with Gasteiger partial charge in [-0.3, -0.25) is 0 Å². The largest absolute Gasteiger partial charge is 0.225 e. The first-order valence-corrected chi connectivity index (χ1v) is 2.03. The van der Waals surface area contributed by atoms with Crippen molar-refractivity contribution < 1.29 is 0 Å². The number of rotatable bonds is 0. The van der Waals surface area contributed by atoms with Crippen LogP contribution in [0.1, 0.15) is 5.82 Å². The van der Waals surface area contributed by atoms with E-state index in [0.29, 0.717) is 5.82 Å². The lowest BCUT2D eigenvalue weighted by atomic mass is 10.6. The Kier molecular flexibility index (Phi) is 0.968. The molecule has 1 rings (SSSR count). The van der Waals surface area contributed by atoms with Gasteiger partial charge in [0.05, 0.1) is 0 Å². The number of nitrogens with zero attached hydrogens (tertiary/aromatic N) is 4. The summed E-state index contributed by atoms with van der Waals surface area (Å²) < 4.78 is 1.43. The van der Waals surface area contributed by atoms with E-state index in [1.165, 1.54) is 4.68 Å². The van der Waals surface area contributed by atoms with Crippen LogP contribution in [0.3, 0.4) is 0 Å². The zero-order chi connectivity index (χ0) is 5.98. The molecule has 0 amide bonds. The maximum Gasteiger partial charge on any atom is 0.225 e. The van der Waals surface area contributed by atoms with E-state index in [9.17, 15) is 0 Å². The Balaban J connectivity index is 3.15. The van der Waals surface area contributed by atoms with Crippen molar-refractivity contribution in [3.8, 4) is 12.3 Å². The van der Waals surface area contributed by atoms with Crippen LogP contribution in [0.25, 0.3) is 0 Å². The lowest BCUT2D eigenvalue weighted by molar-refractivity contribution is 0.705. The molecule has 8 heavy (non-hydrogen) atoms. The van der Waals surface area contributed by atoms with Crippen molar-refractivity contribution in [2.24, 2.45) is 7.05 Å². The van der Waals surface area contributed by atoms with Crippen LogP contribution in [0, 0.1) is 12.3 Å². The molecule has 0 N–H and O–H groups in total. The average Bonchev–Trinajstić information content (AvgIpc) is 2.14. The topological polar surface area (TPSA) is 43.6 Å². The standard InChI is InChI=1S/C4H4N4/c1-3-4-5-6-7-8(4)2/h1H,2H3. The molecule has 0 unspecified atom stereocenters. The fraction of sp³-hybridized carbons (Fsp3) is 0.250. The van der Waals surface area contributed by atoms with E-state index >= 15 is 0 Å². The first-order valence-electron chi connectivity index (χ1n) is 2.03. The van der Waals surface area contributed by atoms with Gasteiger partial charge < -0.3 is 0 Å². The second kappa shape index (κ2) is 1.62. The third-order valence-corrected chi connectivity index (χ3v) is 0.749. The van der Waals surface area contributed by atoms with E-state index < -0.39 is 0 Å². The van der Waals surface area contributed by atoms with Crippen LogP contribution in [0.2, 0.25) is 0 Å². The minimum Gasteiger partial charge on any atom is -0.222 e. The van der Waals surface area contributed by atoms with E-state index in [1.54, 1.807) is 7.05 Å². The Morgan fingerprint density at radius 1 is 1.75 bits per heavy atom. The molecule has 0 spiro atoms. The minimum absolute atomic E-state index is 0.449. The highest BCUT2D eigenvalue weighted by molar-refractivity contribution is 5.12. The fourth-order valence-corrected chi connectivity index (χ4v) is 0.352. The van der Waals surface area contributed by atoms with Crippen LogP contribution in [-0.4, -0.2) is 20.2 Å². The Hall–Kier alpha value is -1.37. The SMILES string of the molecule is C#Cc1nnnn1C. The second-order valence-corrected chi connectivity index (χ2v) is 1.27. The number of tetrazole rings is 1. The molecule has 1 heterocycles. The monoisotopic (exact) mass is 108 g/mol. The summed E-state index contributed by atoms with van der Waals surface area (Å²) in [6.45, 7) is 0. The van der Waals surface area contributed by atoms with E-state index in [0.717, 1.165) is 0 Å². The van der Waals surface area contributed by atoms with Gasteiger partial charge in [0.25, 0.3) is 0 Å². The Morgan fingerprint density at radius 2 is 2.50 bits per heavy atom. The van der Waals surface area contributed by atoms with Gasteiger partial charge in [-0.2, -0.15) is 0 Å². The molecule has 1 aromatic rings. The maximum absolute atomic E-state index is 4.98. The summed E-state index contributed by atoms with van der Waals surface area (Å²) in [5, 5.41) is 10.3. The zero-order valence-corrected chi connectivity index (χ0v) is 4.37. The maximum atomic E-state index is 4.98. The number of hydrogen-bond acceptors (Lipinski definition) is 3. The van der Waals surface area contributed by atoms with Gasteiger partial charge in [-0.25, -0.2) is 4.68 Å². The number of hydrogen-bond donors (Lipinski definition) is 0. The van der Waals surface area contributed by atoms with Crippen LogP contribution in [0.15, 0.2) is 0 Å². The first-order chi connectivity index (χ1) is 3.84. The van der Waals surface area contributed by atoms with Crippen molar-refractivity contribution in [1.82, 2.24) is 20.2 Å². The predicted molar refractivity (Wildman–Crippen MR) is 26.7 cm³/mol. The summed E-state index contributed by atoms with van der Waals surface area (Å²) in [6.07, 6.45) is 4.98. The van der Waals surface area contributed by atoms with Gasteiger partial charge in [0.15, 0.2) is 0 Å². The van der Waals surface area contributed by atoms with Crippen LogP contribution in [0.4, 0.5) is 0 Å². The quantitative estimate of drug-likeness (QED) is 0.408. The van der Waals surface area contributed by atoms with Crippen molar-refractivity contribution in [3.63, 3.8) is 0 Å². The van der Waals surface area contributed by atoms with Crippen molar-refractivity contribution >= 4 is 0 Å². The minimum atomic E-state index is 0.449. The molecule has 4 heteroatoms. The smallest absolute Gasteiger partial charge is 0.222 e. The van der Waals surface area contributed by atoms with Crippen molar-refractivity contribution in [2.75, 3.05) is 0 Å². The molecule has 4 nitrogen and oxygen atoms in total. The molecule has 0 aliphatic heterocycles. The molecule has 0 aliphatic rings. The summed E-state index contributed by atoms with van der Waals surface area (Å²) in [7, 11) is 1.69. The normalized spacial score (nSPS) is 8.50. The lowest BCUT2D eigenvalue weighted by Crippen LogP contribution is -1.93. The van der Waals surface area contributed by atoms with Crippen LogP contribution in [-0.2, 0) is 7.05 Å². The average molecular weight is 108 g/mol. The molecule has 0 aromatic carbocycles. The first kappa shape index (κ1) is 4.78. The number of aromatic nitrogens is 4. The summed E-state index contributed by atoms with van der Waals surface area (Å²) in [6, 6.07) is 0. The summed E-state index contributed by atoms with van der Waals surface area (Å²) in [4.78, 5) is 0.